The van der Waals surface area contributed by atoms with Crippen molar-refractivity contribution in [3.05, 3.63) is 75.3 Å². The highest BCUT2D eigenvalue weighted by atomic mass is 16.6. The molecule has 24 heavy (non-hydrogen) atoms. The first-order valence-corrected chi connectivity index (χ1v) is 7.20. The Kier molecular flexibility index (Phi) is 5.26. The molecule has 2 aromatic carbocycles. The second kappa shape index (κ2) is 7.36. The molecule has 0 fully saturated rings. The summed E-state index contributed by atoms with van der Waals surface area (Å²) in [6.07, 6.45) is 0.123. The first-order chi connectivity index (χ1) is 11.4. The Bertz CT molecular complexity index is 788. The molecule has 2 aromatic rings. The van der Waals surface area contributed by atoms with Crippen molar-refractivity contribution in [1.82, 2.24) is 5.32 Å². The van der Waals surface area contributed by atoms with Gasteiger partial charge in [-0.05, 0) is 18.6 Å². The van der Waals surface area contributed by atoms with Crippen LogP contribution >= 0.6 is 0 Å². The van der Waals surface area contributed by atoms with Gasteiger partial charge in [0, 0.05) is 24.1 Å². The minimum absolute atomic E-state index is 0.0414. The highest BCUT2D eigenvalue weighted by molar-refractivity contribution is 5.97. The van der Waals surface area contributed by atoms with Crippen molar-refractivity contribution in [3.8, 4) is 0 Å². The third kappa shape index (κ3) is 4.39. The van der Waals surface area contributed by atoms with Gasteiger partial charge in [-0.3, -0.25) is 14.9 Å². The summed E-state index contributed by atoms with van der Waals surface area (Å²) in [6, 6.07) is 11.3. The monoisotopic (exact) mass is 328 g/mol. The largest absolute Gasteiger partial charge is 0.480 e. The van der Waals surface area contributed by atoms with Crippen LogP contribution in [-0.4, -0.2) is 27.9 Å². The number of hydrogen-bond acceptors (Lipinski definition) is 4. The fraction of sp³-hybridized carbons (Fsp3) is 0.176. The minimum Gasteiger partial charge on any atom is -0.480 e. The van der Waals surface area contributed by atoms with Crippen molar-refractivity contribution >= 4 is 17.6 Å². The second-order valence-corrected chi connectivity index (χ2v) is 5.36. The summed E-state index contributed by atoms with van der Waals surface area (Å²) in [5, 5.41) is 22.5. The molecule has 0 aliphatic rings. The molecule has 0 unspecified atom stereocenters. The van der Waals surface area contributed by atoms with Crippen LogP contribution in [0.3, 0.4) is 0 Å². The number of benzene rings is 2. The zero-order valence-corrected chi connectivity index (χ0v) is 12.9. The van der Waals surface area contributed by atoms with Gasteiger partial charge in [-0.25, -0.2) is 4.79 Å². The highest BCUT2D eigenvalue weighted by Crippen LogP contribution is 2.14. The molecule has 0 bridgehead atoms. The number of carbonyl (C=O) groups is 2. The highest BCUT2D eigenvalue weighted by Gasteiger charge is 2.22. The summed E-state index contributed by atoms with van der Waals surface area (Å²) < 4.78 is 0. The topological polar surface area (TPSA) is 110 Å². The number of carboxylic acid groups (broad SMARTS) is 1. The Hall–Kier alpha value is -3.22. The Morgan fingerprint density at radius 1 is 1.21 bits per heavy atom. The standard InChI is InChI=1S/C17H16N2O5/c1-11-4-2-5-12(8-11)9-15(17(21)22)18-16(20)13-6-3-7-14(10-13)19(23)24/h2-8,10,15H,9H2,1H3,(H,18,20)(H,21,22)/t15-/m0/s1. The zero-order chi connectivity index (χ0) is 17.7. The second-order valence-electron chi connectivity index (χ2n) is 5.36. The van der Waals surface area contributed by atoms with E-state index in [4.69, 9.17) is 0 Å². The van der Waals surface area contributed by atoms with Crippen LogP contribution in [0.4, 0.5) is 5.69 Å². The van der Waals surface area contributed by atoms with Crippen molar-refractivity contribution in [2.75, 3.05) is 0 Å². The van der Waals surface area contributed by atoms with Gasteiger partial charge >= 0.3 is 5.97 Å². The van der Waals surface area contributed by atoms with Crippen LogP contribution in [0.25, 0.3) is 0 Å². The smallest absolute Gasteiger partial charge is 0.326 e. The van der Waals surface area contributed by atoms with E-state index >= 15 is 0 Å². The van der Waals surface area contributed by atoms with Crippen molar-refractivity contribution in [3.63, 3.8) is 0 Å². The third-order valence-corrected chi connectivity index (χ3v) is 3.44. The Balaban J connectivity index is 2.15. The van der Waals surface area contributed by atoms with Gasteiger partial charge in [0.25, 0.3) is 11.6 Å². The fourth-order valence-corrected chi connectivity index (χ4v) is 2.28. The normalized spacial score (nSPS) is 11.5. The van der Waals surface area contributed by atoms with E-state index in [2.05, 4.69) is 5.32 Å². The number of hydrogen-bond donors (Lipinski definition) is 2. The minimum atomic E-state index is -1.17. The molecule has 1 amide bonds. The van der Waals surface area contributed by atoms with Crippen LogP contribution in [-0.2, 0) is 11.2 Å². The molecule has 7 heteroatoms. The van der Waals surface area contributed by atoms with Crippen molar-refractivity contribution in [2.24, 2.45) is 0 Å². The first-order valence-electron chi connectivity index (χ1n) is 7.20. The van der Waals surface area contributed by atoms with Gasteiger partial charge in [0.05, 0.1) is 4.92 Å². The summed E-state index contributed by atoms with van der Waals surface area (Å²) in [4.78, 5) is 33.7. The predicted octanol–water partition coefficient (Wildman–Crippen LogP) is 2.33. The van der Waals surface area contributed by atoms with Gasteiger partial charge in [0.2, 0.25) is 0 Å². The van der Waals surface area contributed by atoms with Gasteiger partial charge < -0.3 is 10.4 Å². The summed E-state index contributed by atoms with van der Waals surface area (Å²) in [5.74, 6) is -1.84. The molecule has 7 nitrogen and oxygen atoms in total. The third-order valence-electron chi connectivity index (χ3n) is 3.44. The van der Waals surface area contributed by atoms with Crippen LogP contribution in [0, 0.1) is 17.0 Å². The number of amides is 1. The number of nitro benzene ring substituents is 1. The average Bonchev–Trinajstić information content (AvgIpc) is 2.54. The lowest BCUT2D eigenvalue weighted by atomic mass is 10.0. The summed E-state index contributed by atoms with van der Waals surface area (Å²) >= 11 is 0. The maximum absolute atomic E-state index is 12.2. The fourth-order valence-electron chi connectivity index (χ4n) is 2.28. The number of rotatable bonds is 6. The Morgan fingerprint density at radius 3 is 2.54 bits per heavy atom. The number of nitro groups is 1. The molecule has 0 aromatic heterocycles. The summed E-state index contributed by atoms with van der Waals surface area (Å²) in [5.41, 5.74) is 1.58. The van der Waals surface area contributed by atoms with E-state index in [-0.39, 0.29) is 17.7 Å². The van der Waals surface area contributed by atoms with Crippen molar-refractivity contribution in [1.29, 1.82) is 0 Å². The van der Waals surface area contributed by atoms with Crippen LogP contribution in [0.15, 0.2) is 48.5 Å². The SMILES string of the molecule is Cc1cccc(C[C@H](NC(=O)c2cccc([N+](=O)[O-])c2)C(=O)O)c1. The van der Waals surface area contributed by atoms with E-state index in [1.165, 1.54) is 18.2 Å². The van der Waals surface area contributed by atoms with E-state index in [0.717, 1.165) is 17.2 Å². The molecule has 0 heterocycles. The molecule has 2 rings (SSSR count). The average molecular weight is 328 g/mol. The van der Waals surface area contributed by atoms with Gasteiger partial charge in [-0.15, -0.1) is 0 Å². The van der Waals surface area contributed by atoms with Gasteiger partial charge in [-0.2, -0.15) is 0 Å². The number of carbonyl (C=O) groups excluding carboxylic acids is 1. The number of carboxylic acids is 1. The number of nitrogens with zero attached hydrogens (tertiary/aromatic N) is 1. The van der Waals surface area contributed by atoms with Crippen LogP contribution in [0.5, 0.6) is 0 Å². The number of aryl methyl sites for hydroxylation is 1. The number of aliphatic carboxylic acids is 1. The molecule has 0 saturated heterocycles. The molecule has 0 spiro atoms. The number of nitrogens with one attached hydrogen (secondary N) is 1. The molecule has 0 aliphatic heterocycles. The Morgan fingerprint density at radius 2 is 1.92 bits per heavy atom. The quantitative estimate of drug-likeness (QED) is 0.625. The zero-order valence-electron chi connectivity index (χ0n) is 12.9. The maximum atomic E-state index is 12.2. The summed E-state index contributed by atoms with van der Waals surface area (Å²) in [7, 11) is 0. The van der Waals surface area contributed by atoms with Crippen molar-refractivity contribution in [2.45, 2.75) is 19.4 Å². The molecule has 0 saturated carbocycles. The molecule has 1 atom stereocenters. The van der Waals surface area contributed by atoms with Crippen molar-refractivity contribution < 1.29 is 19.6 Å². The van der Waals surface area contributed by atoms with Crippen LogP contribution < -0.4 is 5.32 Å². The lowest BCUT2D eigenvalue weighted by Crippen LogP contribution is -2.42. The van der Waals surface area contributed by atoms with Crippen LogP contribution in [0.1, 0.15) is 21.5 Å². The van der Waals surface area contributed by atoms with E-state index < -0.39 is 22.8 Å². The van der Waals surface area contributed by atoms with E-state index in [1.807, 2.05) is 25.1 Å². The Labute approximate surface area is 138 Å². The lowest BCUT2D eigenvalue weighted by molar-refractivity contribution is -0.384. The molecule has 0 aliphatic carbocycles. The van der Waals surface area contributed by atoms with Gasteiger partial charge in [0.1, 0.15) is 6.04 Å². The van der Waals surface area contributed by atoms with Crippen LogP contribution in [0.2, 0.25) is 0 Å². The molecular formula is C17H16N2O5. The van der Waals surface area contributed by atoms with E-state index in [9.17, 15) is 24.8 Å². The molecule has 2 N–H and O–H groups in total. The predicted molar refractivity (Wildman–Crippen MR) is 86.9 cm³/mol. The summed E-state index contributed by atoms with van der Waals surface area (Å²) in [6.45, 7) is 1.89. The van der Waals surface area contributed by atoms with E-state index in [0.29, 0.717) is 0 Å². The molecule has 0 radical (unpaired) electrons. The molecular weight excluding hydrogens is 312 g/mol. The van der Waals surface area contributed by atoms with E-state index in [1.54, 1.807) is 6.07 Å². The first kappa shape index (κ1) is 17.1. The number of non-ortho nitro benzene ring substituents is 1. The van der Waals surface area contributed by atoms with Gasteiger partial charge in [-0.1, -0.05) is 35.9 Å². The lowest BCUT2D eigenvalue weighted by Gasteiger charge is -2.15. The molecule has 124 valence electrons. The van der Waals surface area contributed by atoms with Gasteiger partial charge in [0.15, 0.2) is 0 Å². The maximum Gasteiger partial charge on any atom is 0.326 e.